The van der Waals surface area contributed by atoms with Gasteiger partial charge in [0.25, 0.3) is 5.91 Å². The molecule has 1 heterocycles. The second kappa shape index (κ2) is 7.09. The number of carbonyl (C=O) groups excluding carboxylic acids is 1. The van der Waals surface area contributed by atoms with Crippen LogP contribution in [0, 0.1) is 0 Å². The van der Waals surface area contributed by atoms with Gasteiger partial charge in [0, 0.05) is 17.0 Å². The average molecular weight is 361 g/mol. The summed E-state index contributed by atoms with van der Waals surface area (Å²) in [5, 5.41) is 12.9. The maximum atomic E-state index is 12.5. The van der Waals surface area contributed by atoms with Crippen molar-refractivity contribution in [2.24, 2.45) is 0 Å². The van der Waals surface area contributed by atoms with Gasteiger partial charge in [0.1, 0.15) is 0 Å². The van der Waals surface area contributed by atoms with Crippen molar-refractivity contribution in [1.82, 2.24) is 9.69 Å². The first-order valence-electron chi connectivity index (χ1n) is 7.14. The molecule has 3 aromatic rings. The van der Waals surface area contributed by atoms with Crippen LogP contribution < -0.4 is 10.7 Å². The maximum Gasteiger partial charge on any atom is 0.275 e. The molecular weight excluding hydrogens is 348 g/mol. The lowest BCUT2D eigenvalue weighted by Gasteiger charge is -2.05. The second-order valence-corrected chi connectivity index (χ2v) is 6.40. The Bertz CT molecular complexity index is 954. The van der Waals surface area contributed by atoms with E-state index < -0.39 is 11.3 Å². The summed E-state index contributed by atoms with van der Waals surface area (Å²) in [5.74, 6) is -0.525. The lowest BCUT2D eigenvalue weighted by molar-refractivity contribution is 0.0946. The first kappa shape index (κ1) is 16.6. The molecule has 0 fully saturated rings. The zero-order valence-electron chi connectivity index (χ0n) is 12.5. The lowest BCUT2D eigenvalue weighted by Crippen LogP contribution is -2.29. The van der Waals surface area contributed by atoms with Gasteiger partial charge in [0.05, 0.1) is 11.3 Å². The van der Waals surface area contributed by atoms with E-state index in [1.54, 1.807) is 42.5 Å². The number of halogens is 1. The van der Waals surface area contributed by atoms with Crippen molar-refractivity contribution < 1.29 is 9.90 Å². The molecular formula is C17H13ClN2O3S. The molecule has 122 valence electrons. The van der Waals surface area contributed by atoms with E-state index in [0.29, 0.717) is 20.7 Å². The highest BCUT2D eigenvalue weighted by Gasteiger charge is 2.15. The molecule has 0 aliphatic heterocycles. The van der Waals surface area contributed by atoms with Crippen LogP contribution >= 0.6 is 23.1 Å². The highest BCUT2D eigenvalue weighted by molar-refractivity contribution is 7.12. The molecule has 2 N–H and O–H groups in total. The van der Waals surface area contributed by atoms with E-state index in [1.807, 2.05) is 0 Å². The van der Waals surface area contributed by atoms with E-state index in [4.69, 9.17) is 11.6 Å². The summed E-state index contributed by atoms with van der Waals surface area (Å²) in [4.78, 5) is 24.7. The van der Waals surface area contributed by atoms with Crippen LogP contribution in [0.25, 0.3) is 10.1 Å². The molecule has 0 bridgehead atoms. The second-order valence-electron chi connectivity index (χ2n) is 5.16. The monoisotopic (exact) mass is 360 g/mol. The van der Waals surface area contributed by atoms with Crippen molar-refractivity contribution >= 4 is 39.1 Å². The van der Waals surface area contributed by atoms with Crippen molar-refractivity contribution in [3.63, 3.8) is 0 Å². The molecule has 1 amide bonds. The van der Waals surface area contributed by atoms with Gasteiger partial charge in [-0.2, -0.15) is 4.37 Å². The van der Waals surface area contributed by atoms with Crippen LogP contribution in [0.4, 0.5) is 0 Å². The lowest BCUT2D eigenvalue weighted by atomic mass is 10.1. The number of hydrogen-bond donors (Lipinski definition) is 2. The van der Waals surface area contributed by atoms with Crippen LogP contribution in [0.3, 0.4) is 0 Å². The van der Waals surface area contributed by atoms with Crippen molar-refractivity contribution in [3.8, 4) is 0 Å². The summed E-state index contributed by atoms with van der Waals surface area (Å²) in [5.41, 5.74) is 0.905. The number of aliphatic hydroxyl groups is 1. The molecule has 0 aliphatic rings. The number of aromatic nitrogens is 1. The fraction of sp³-hybridized carbons (Fsp3) is 0.118. The number of rotatable bonds is 4. The summed E-state index contributed by atoms with van der Waals surface area (Å²) >= 11 is 6.90. The third kappa shape index (κ3) is 3.46. The predicted octanol–water partition coefficient (Wildman–Crippen LogP) is 2.73. The molecule has 7 heteroatoms. The van der Waals surface area contributed by atoms with Crippen molar-refractivity contribution in [3.05, 3.63) is 74.5 Å². The van der Waals surface area contributed by atoms with Gasteiger partial charge in [0.2, 0.25) is 5.43 Å². The van der Waals surface area contributed by atoms with Crippen LogP contribution in [0.2, 0.25) is 5.02 Å². The summed E-state index contributed by atoms with van der Waals surface area (Å²) in [6.45, 7) is 0.108. The minimum absolute atomic E-state index is 0.142. The number of carbonyl (C=O) groups is 1. The van der Waals surface area contributed by atoms with Crippen LogP contribution in [0.15, 0.2) is 47.3 Å². The smallest absolute Gasteiger partial charge is 0.275 e. The van der Waals surface area contributed by atoms with Gasteiger partial charge in [-0.15, -0.1) is 0 Å². The summed E-state index contributed by atoms with van der Waals surface area (Å²) in [6, 6.07) is 12.1. The molecule has 0 radical (unpaired) electrons. The van der Waals surface area contributed by atoms with Crippen LogP contribution in [0.1, 0.15) is 21.6 Å². The van der Waals surface area contributed by atoms with Crippen LogP contribution in [-0.2, 0) is 13.2 Å². The van der Waals surface area contributed by atoms with E-state index in [9.17, 15) is 14.7 Å². The third-order valence-corrected chi connectivity index (χ3v) is 4.58. The first-order chi connectivity index (χ1) is 11.6. The Hall–Kier alpha value is -2.28. The Morgan fingerprint density at radius 2 is 1.88 bits per heavy atom. The average Bonchev–Trinajstić information content (AvgIpc) is 2.61. The standard InChI is InChI=1S/C17H13ClN2O3S/c18-12-4-1-10(2-5-12)8-19-17(23)15-16(22)13-7-11(9-21)3-6-14(13)24-20-15/h1-7,21H,8-9H2,(H,19,23). The molecule has 2 aromatic carbocycles. The topological polar surface area (TPSA) is 79.3 Å². The first-order valence-corrected chi connectivity index (χ1v) is 8.30. The molecule has 0 atom stereocenters. The van der Waals surface area contributed by atoms with Crippen LogP contribution in [0.5, 0.6) is 0 Å². The van der Waals surface area contributed by atoms with Gasteiger partial charge in [-0.05, 0) is 46.9 Å². The molecule has 5 nitrogen and oxygen atoms in total. The van der Waals surface area contributed by atoms with Gasteiger partial charge in [-0.25, -0.2) is 0 Å². The number of hydrogen-bond acceptors (Lipinski definition) is 5. The van der Waals surface area contributed by atoms with Crippen LogP contribution in [-0.4, -0.2) is 15.4 Å². The minimum Gasteiger partial charge on any atom is -0.392 e. The van der Waals surface area contributed by atoms with E-state index in [2.05, 4.69) is 9.69 Å². The molecule has 0 saturated carbocycles. The Labute approximate surface area is 146 Å². The number of aliphatic hydroxyl groups excluding tert-OH is 1. The fourth-order valence-corrected chi connectivity index (χ4v) is 3.07. The SMILES string of the molecule is O=C(NCc1ccc(Cl)cc1)c1nsc2ccc(CO)cc2c1=O. The summed E-state index contributed by atoms with van der Waals surface area (Å²) < 4.78 is 4.69. The predicted molar refractivity (Wildman–Crippen MR) is 94.4 cm³/mol. The number of fused-ring (bicyclic) bond motifs is 1. The zero-order valence-corrected chi connectivity index (χ0v) is 14.0. The van der Waals surface area contributed by atoms with E-state index in [0.717, 1.165) is 17.1 Å². The molecule has 0 saturated heterocycles. The molecule has 24 heavy (non-hydrogen) atoms. The highest BCUT2D eigenvalue weighted by Crippen LogP contribution is 2.16. The minimum atomic E-state index is -0.525. The Balaban J connectivity index is 1.85. The normalized spacial score (nSPS) is 10.8. The van der Waals surface area contributed by atoms with Gasteiger partial charge in [0.15, 0.2) is 5.69 Å². The van der Waals surface area contributed by atoms with Gasteiger partial charge in [-0.1, -0.05) is 29.8 Å². The number of nitrogens with zero attached hydrogens (tertiary/aromatic N) is 1. The number of amides is 1. The highest BCUT2D eigenvalue weighted by atomic mass is 35.5. The molecule has 0 unspecified atom stereocenters. The van der Waals surface area contributed by atoms with Crippen molar-refractivity contribution in [1.29, 1.82) is 0 Å². The van der Waals surface area contributed by atoms with E-state index in [1.165, 1.54) is 0 Å². The molecule has 3 rings (SSSR count). The Morgan fingerprint density at radius 3 is 2.58 bits per heavy atom. The Kier molecular flexibility index (Phi) is 4.89. The van der Waals surface area contributed by atoms with E-state index >= 15 is 0 Å². The fourth-order valence-electron chi connectivity index (χ4n) is 2.21. The van der Waals surface area contributed by atoms with Gasteiger partial charge >= 0.3 is 0 Å². The zero-order chi connectivity index (χ0) is 17.1. The molecule has 1 aromatic heterocycles. The quantitative estimate of drug-likeness (QED) is 0.749. The number of benzene rings is 2. The van der Waals surface area contributed by atoms with Crippen molar-refractivity contribution in [2.75, 3.05) is 0 Å². The molecule has 0 aliphatic carbocycles. The van der Waals surface area contributed by atoms with Gasteiger partial charge < -0.3 is 10.4 Å². The van der Waals surface area contributed by atoms with E-state index in [-0.39, 0.29) is 18.8 Å². The maximum absolute atomic E-state index is 12.5. The largest absolute Gasteiger partial charge is 0.392 e. The summed E-state index contributed by atoms with van der Waals surface area (Å²) in [7, 11) is 0. The third-order valence-electron chi connectivity index (χ3n) is 3.50. The number of nitrogens with one attached hydrogen (secondary N) is 1. The molecule has 0 spiro atoms. The summed E-state index contributed by atoms with van der Waals surface area (Å²) in [6.07, 6.45) is 0. The Morgan fingerprint density at radius 1 is 1.17 bits per heavy atom. The van der Waals surface area contributed by atoms with Crippen molar-refractivity contribution in [2.45, 2.75) is 13.2 Å². The van der Waals surface area contributed by atoms with Gasteiger partial charge in [-0.3, -0.25) is 9.59 Å².